The third-order valence-electron chi connectivity index (χ3n) is 3.54. The first-order valence-electron chi connectivity index (χ1n) is 7.79. The molecule has 0 aliphatic carbocycles. The molecule has 23 heavy (non-hydrogen) atoms. The van der Waals surface area contributed by atoms with Crippen molar-refractivity contribution in [2.75, 3.05) is 0 Å². The standard InChI is InChI=1S/C19H24N2O2/c1-14(21-18(22)19(2,3)4)16-7-9-17(10-8-16)23-13-15-6-5-11-20-12-15/h5-12,14H,13H2,1-4H3,(H,21,22)/t14-/m1/s1. The Labute approximate surface area is 137 Å². The number of rotatable bonds is 5. The molecule has 0 fully saturated rings. The van der Waals surface area contributed by atoms with E-state index in [-0.39, 0.29) is 17.4 Å². The highest BCUT2D eigenvalue weighted by Gasteiger charge is 2.22. The first-order valence-corrected chi connectivity index (χ1v) is 7.79. The predicted molar refractivity (Wildman–Crippen MR) is 91.0 cm³/mol. The highest BCUT2D eigenvalue weighted by molar-refractivity contribution is 5.81. The summed E-state index contributed by atoms with van der Waals surface area (Å²) < 4.78 is 5.73. The van der Waals surface area contributed by atoms with E-state index in [1.54, 1.807) is 12.4 Å². The number of nitrogens with one attached hydrogen (secondary N) is 1. The van der Waals surface area contributed by atoms with Gasteiger partial charge in [-0.15, -0.1) is 0 Å². The molecule has 1 aromatic heterocycles. The van der Waals surface area contributed by atoms with Gasteiger partial charge in [-0.05, 0) is 30.7 Å². The van der Waals surface area contributed by atoms with E-state index in [4.69, 9.17) is 4.74 Å². The van der Waals surface area contributed by atoms with Gasteiger partial charge in [-0.25, -0.2) is 0 Å². The van der Waals surface area contributed by atoms with Crippen LogP contribution in [0.5, 0.6) is 5.75 Å². The van der Waals surface area contributed by atoms with Crippen molar-refractivity contribution in [2.45, 2.75) is 40.3 Å². The second-order valence-corrected chi connectivity index (χ2v) is 6.66. The molecule has 4 heteroatoms. The highest BCUT2D eigenvalue weighted by atomic mass is 16.5. The number of nitrogens with zero attached hydrogens (tertiary/aromatic N) is 1. The Balaban J connectivity index is 1.92. The van der Waals surface area contributed by atoms with Crippen LogP contribution in [-0.4, -0.2) is 10.9 Å². The maximum Gasteiger partial charge on any atom is 0.225 e. The fourth-order valence-electron chi connectivity index (χ4n) is 2.00. The van der Waals surface area contributed by atoms with Crippen molar-refractivity contribution in [3.63, 3.8) is 0 Å². The average Bonchev–Trinajstić information content (AvgIpc) is 2.53. The SMILES string of the molecule is C[C@@H](NC(=O)C(C)(C)C)c1ccc(OCc2cccnc2)cc1. The molecule has 1 N–H and O–H groups in total. The smallest absolute Gasteiger partial charge is 0.225 e. The molecular weight excluding hydrogens is 288 g/mol. The number of aromatic nitrogens is 1. The largest absolute Gasteiger partial charge is 0.489 e. The summed E-state index contributed by atoms with van der Waals surface area (Å²) in [5.74, 6) is 0.842. The highest BCUT2D eigenvalue weighted by Crippen LogP contribution is 2.20. The lowest BCUT2D eigenvalue weighted by Gasteiger charge is -2.22. The van der Waals surface area contributed by atoms with Gasteiger partial charge in [0.2, 0.25) is 5.91 Å². The van der Waals surface area contributed by atoms with E-state index >= 15 is 0 Å². The number of benzene rings is 1. The molecule has 2 aromatic rings. The van der Waals surface area contributed by atoms with Crippen LogP contribution < -0.4 is 10.1 Å². The summed E-state index contributed by atoms with van der Waals surface area (Å²) in [5.41, 5.74) is 1.69. The molecule has 0 spiro atoms. The van der Waals surface area contributed by atoms with Crippen molar-refractivity contribution < 1.29 is 9.53 Å². The van der Waals surface area contributed by atoms with Gasteiger partial charge in [-0.2, -0.15) is 0 Å². The normalized spacial score (nSPS) is 12.5. The van der Waals surface area contributed by atoms with Crippen LogP contribution in [0.2, 0.25) is 0 Å². The number of carbonyl (C=O) groups excluding carboxylic acids is 1. The van der Waals surface area contributed by atoms with Gasteiger partial charge in [0.05, 0.1) is 6.04 Å². The van der Waals surface area contributed by atoms with Crippen molar-refractivity contribution in [1.29, 1.82) is 0 Å². The van der Waals surface area contributed by atoms with Crippen molar-refractivity contribution in [1.82, 2.24) is 10.3 Å². The Hall–Kier alpha value is -2.36. The quantitative estimate of drug-likeness (QED) is 0.911. The van der Waals surface area contributed by atoms with Crippen LogP contribution in [0.25, 0.3) is 0 Å². The molecular formula is C19H24N2O2. The number of ether oxygens (including phenoxy) is 1. The number of amides is 1. The summed E-state index contributed by atoms with van der Waals surface area (Å²) in [4.78, 5) is 16.1. The lowest BCUT2D eigenvalue weighted by molar-refractivity contribution is -0.129. The Bertz CT molecular complexity index is 631. The number of hydrogen-bond acceptors (Lipinski definition) is 3. The van der Waals surface area contributed by atoms with Crippen LogP contribution in [0.15, 0.2) is 48.8 Å². The van der Waals surface area contributed by atoms with E-state index in [0.29, 0.717) is 6.61 Å². The van der Waals surface area contributed by atoms with Gasteiger partial charge in [-0.1, -0.05) is 39.0 Å². The minimum Gasteiger partial charge on any atom is -0.489 e. The molecule has 0 aliphatic rings. The predicted octanol–water partition coefficient (Wildman–Crippen LogP) is 3.88. The summed E-state index contributed by atoms with van der Waals surface area (Å²) in [5, 5.41) is 3.03. The molecule has 0 saturated heterocycles. The van der Waals surface area contributed by atoms with E-state index in [1.807, 2.05) is 64.1 Å². The van der Waals surface area contributed by atoms with Crippen LogP contribution in [0, 0.1) is 5.41 Å². The Morgan fingerprint density at radius 3 is 2.48 bits per heavy atom. The minimum absolute atomic E-state index is 0.0332. The van der Waals surface area contributed by atoms with Gasteiger partial charge in [0.25, 0.3) is 0 Å². The lowest BCUT2D eigenvalue weighted by Crippen LogP contribution is -2.36. The first kappa shape index (κ1) is 17.0. The van der Waals surface area contributed by atoms with Crippen molar-refractivity contribution in [2.24, 2.45) is 5.41 Å². The van der Waals surface area contributed by atoms with Crippen LogP contribution in [0.4, 0.5) is 0 Å². The fraction of sp³-hybridized carbons (Fsp3) is 0.368. The van der Waals surface area contributed by atoms with E-state index in [0.717, 1.165) is 16.9 Å². The molecule has 0 radical (unpaired) electrons. The number of pyridine rings is 1. The molecule has 1 atom stereocenters. The summed E-state index contributed by atoms with van der Waals surface area (Å²) in [6.07, 6.45) is 3.53. The van der Waals surface area contributed by atoms with Crippen LogP contribution in [0.1, 0.15) is 44.9 Å². The molecule has 0 saturated carbocycles. The van der Waals surface area contributed by atoms with Crippen LogP contribution in [0.3, 0.4) is 0 Å². The maximum atomic E-state index is 12.0. The van der Waals surface area contributed by atoms with Gasteiger partial charge in [-0.3, -0.25) is 9.78 Å². The number of carbonyl (C=O) groups is 1. The molecule has 1 heterocycles. The Kier molecular flexibility index (Phi) is 5.37. The second kappa shape index (κ2) is 7.27. The monoisotopic (exact) mass is 312 g/mol. The lowest BCUT2D eigenvalue weighted by atomic mass is 9.94. The zero-order chi connectivity index (χ0) is 16.9. The number of hydrogen-bond donors (Lipinski definition) is 1. The van der Waals surface area contributed by atoms with E-state index < -0.39 is 0 Å². The third kappa shape index (κ3) is 5.09. The molecule has 1 amide bonds. The van der Waals surface area contributed by atoms with Crippen LogP contribution >= 0.6 is 0 Å². The maximum absolute atomic E-state index is 12.0. The Morgan fingerprint density at radius 2 is 1.91 bits per heavy atom. The van der Waals surface area contributed by atoms with Crippen LogP contribution in [-0.2, 0) is 11.4 Å². The molecule has 0 unspecified atom stereocenters. The minimum atomic E-state index is -0.388. The van der Waals surface area contributed by atoms with Gasteiger partial charge in [0, 0.05) is 23.4 Å². The topological polar surface area (TPSA) is 51.2 Å². The second-order valence-electron chi connectivity index (χ2n) is 6.66. The average molecular weight is 312 g/mol. The molecule has 1 aromatic carbocycles. The molecule has 4 nitrogen and oxygen atoms in total. The van der Waals surface area contributed by atoms with Gasteiger partial charge < -0.3 is 10.1 Å². The van der Waals surface area contributed by atoms with Gasteiger partial charge in [0.15, 0.2) is 0 Å². The van der Waals surface area contributed by atoms with Crippen molar-refractivity contribution in [3.05, 3.63) is 59.9 Å². The first-order chi connectivity index (χ1) is 10.9. The summed E-state index contributed by atoms with van der Waals surface area (Å²) in [7, 11) is 0. The van der Waals surface area contributed by atoms with E-state index in [9.17, 15) is 4.79 Å². The van der Waals surface area contributed by atoms with Gasteiger partial charge >= 0.3 is 0 Å². The summed E-state index contributed by atoms with van der Waals surface area (Å²) in [6, 6.07) is 11.6. The molecule has 0 bridgehead atoms. The summed E-state index contributed by atoms with van der Waals surface area (Å²) in [6.45, 7) is 8.19. The van der Waals surface area contributed by atoms with Crippen molar-refractivity contribution >= 4 is 5.91 Å². The Morgan fingerprint density at radius 1 is 1.22 bits per heavy atom. The van der Waals surface area contributed by atoms with E-state index in [2.05, 4.69) is 10.3 Å². The van der Waals surface area contributed by atoms with Crippen molar-refractivity contribution in [3.8, 4) is 5.75 Å². The summed E-state index contributed by atoms with van der Waals surface area (Å²) >= 11 is 0. The molecule has 0 aliphatic heterocycles. The van der Waals surface area contributed by atoms with E-state index in [1.165, 1.54) is 0 Å². The zero-order valence-corrected chi connectivity index (χ0v) is 14.2. The zero-order valence-electron chi connectivity index (χ0n) is 14.2. The molecule has 122 valence electrons. The third-order valence-corrected chi connectivity index (χ3v) is 3.54. The van der Waals surface area contributed by atoms with Gasteiger partial charge in [0.1, 0.15) is 12.4 Å². The molecule has 2 rings (SSSR count). The fourth-order valence-corrected chi connectivity index (χ4v) is 2.00.